The molecule has 5 nitrogen and oxygen atoms in total. The molecule has 0 aromatic heterocycles. The number of halogens is 1. The molecule has 0 radical (unpaired) electrons. The second kappa shape index (κ2) is 6.56. The van der Waals surface area contributed by atoms with E-state index < -0.39 is 17.8 Å². The molecule has 1 aromatic rings. The quantitative estimate of drug-likeness (QED) is 0.846. The minimum absolute atomic E-state index is 0.0110. The van der Waals surface area contributed by atoms with E-state index in [9.17, 15) is 14.0 Å². The van der Waals surface area contributed by atoms with Crippen molar-refractivity contribution in [3.8, 4) is 5.75 Å². The molecule has 124 valence electrons. The summed E-state index contributed by atoms with van der Waals surface area (Å²) in [5, 5.41) is 9.09. The third-order valence-electron chi connectivity index (χ3n) is 4.46. The molecular formula is C17H20FNO4. The van der Waals surface area contributed by atoms with Crippen LogP contribution in [0.3, 0.4) is 0 Å². The van der Waals surface area contributed by atoms with Crippen molar-refractivity contribution in [2.24, 2.45) is 11.8 Å². The van der Waals surface area contributed by atoms with Gasteiger partial charge in [-0.05, 0) is 43.7 Å². The van der Waals surface area contributed by atoms with E-state index in [0.717, 1.165) is 12.8 Å². The Hall–Kier alpha value is -2.11. The number of amides is 1. The minimum Gasteiger partial charge on any atom is -0.489 e. The molecule has 1 saturated carbocycles. The number of ketones is 1. The van der Waals surface area contributed by atoms with E-state index in [0.29, 0.717) is 31.9 Å². The van der Waals surface area contributed by atoms with Crippen LogP contribution in [0.5, 0.6) is 5.75 Å². The molecular weight excluding hydrogens is 301 g/mol. The van der Waals surface area contributed by atoms with Gasteiger partial charge in [-0.2, -0.15) is 0 Å². The zero-order valence-corrected chi connectivity index (χ0v) is 12.8. The van der Waals surface area contributed by atoms with E-state index in [1.54, 1.807) is 6.07 Å². The van der Waals surface area contributed by atoms with Crippen LogP contribution in [0.15, 0.2) is 18.2 Å². The molecule has 1 saturated heterocycles. The first-order chi connectivity index (χ1) is 11.1. The molecule has 1 amide bonds. The van der Waals surface area contributed by atoms with Gasteiger partial charge in [-0.3, -0.25) is 4.79 Å². The Balaban J connectivity index is 1.77. The molecule has 1 atom stereocenters. The Bertz CT molecular complexity index is 615. The number of hydrogen-bond acceptors (Lipinski definition) is 3. The van der Waals surface area contributed by atoms with Crippen molar-refractivity contribution in [1.82, 2.24) is 4.90 Å². The van der Waals surface area contributed by atoms with Gasteiger partial charge < -0.3 is 14.7 Å². The van der Waals surface area contributed by atoms with Crippen LogP contribution in [0.25, 0.3) is 0 Å². The summed E-state index contributed by atoms with van der Waals surface area (Å²) in [6, 6.07) is 4.33. The van der Waals surface area contributed by atoms with Crippen LogP contribution < -0.4 is 4.74 Å². The molecule has 23 heavy (non-hydrogen) atoms. The summed E-state index contributed by atoms with van der Waals surface area (Å²) in [5.41, 5.74) is 0.225. The molecule has 1 N–H and O–H groups in total. The van der Waals surface area contributed by atoms with Crippen LogP contribution in [-0.4, -0.2) is 41.6 Å². The standard InChI is InChI=1S/C17H20FNO4/c18-14-5-1-4-13(16(14)23-10-11-6-7-11)15(20)12-3-2-8-19(9-12)17(21)22/h1,4-5,11-12H,2-3,6-10H2,(H,21,22). The smallest absolute Gasteiger partial charge is 0.407 e. The summed E-state index contributed by atoms with van der Waals surface area (Å²) < 4.78 is 19.6. The molecule has 2 aliphatic rings. The van der Waals surface area contributed by atoms with Gasteiger partial charge in [-0.1, -0.05) is 6.07 Å². The number of nitrogens with zero attached hydrogens (tertiary/aromatic N) is 1. The number of piperidine rings is 1. The highest BCUT2D eigenvalue weighted by atomic mass is 19.1. The van der Waals surface area contributed by atoms with Crippen molar-refractivity contribution in [1.29, 1.82) is 0 Å². The molecule has 1 aliphatic heterocycles. The van der Waals surface area contributed by atoms with Crippen LogP contribution in [0.1, 0.15) is 36.0 Å². The van der Waals surface area contributed by atoms with Crippen LogP contribution in [0, 0.1) is 17.7 Å². The van der Waals surface area contributed by atoms with E-state index in [4.69, 9.17) is 9.84 Å². The molecule has 2 fully saturated rings. The summed E-state index contributed by atoms with van der Waals surface area (Å²) in [4.78, 5) is 25.1. The average molecular weight is 321 g/mol. The summed E-state index contributed by atoms with van der Waals surface area (Å²) in [5.74, 6) is -0.750. The normalized spacial score (nSPS) is 21.1. The maximum absolute atomic E-state index is 14.1. The highest BCUT2D eigenvalue weighted by molar-refractivity contribution is 6.00. The van der Waals surface area contributed by atoms with Gasteiger partial charge in [0.2, 0.25) is 0 Å². The van der Waals surface area contributed by atoms with Crippen molar-refractivity contribution in [2.45, 2.75) is 25.7 Å². The van der Waals surface area contributed by atoms with Gasteiger partial charge in [0.25, 0.3) is 0 Å². The Morgan fingerprint density at radius 1 is 1.30 bits per heavy atom. The number of Topliss-reactive ketones (excluding diaryl/α,β-unsaturated/α-hetero) is 1. The van der Waals surface area contributed by atoms with E-state index >= 15 is 0 Å². The lowest BCUT2D eigenvalue weighted by atomic mass is 9.89. The van der Waals surface area contributed by atoms with E-state index in [2.05, 4.69) is 0 Å². The van der Waals surface area contributed by atoms with Crippen LogP contribution >= 0.6 is 0 Å². The number of para-hydroxylation sites is 1. The number of likely N-dealkylation sites (tertiary alicyclic amines) is 1. The molecule has 3 rings (SSSR count). The fourth-order valence-corrected chi connectivity index (χ4v) is 2.92. The predicted molar refractivity (Wildman–Crippen MR) is 81.3 cm³/mol. The number of carbonyl (C=O) groups is 2. The summed E-state index contributed by atoms with van der Waals surface area (Å²) in [7, 11) is 0. The number of carbonyl (C=O) groups excluding carboxylic acids is 1. The van der Waals surface area contributed by atoms with Gasteiger partial charge in [-0.15, -0.1) is 0 Å². The second-order valence-electron chi connectivity index (χ2n) is 6.30. The molecule has 0 bridgehead atoms. The van der Waals surface area contributed by atoms with E-state index in [1.807, 2.05) is 0 Å². The molecule has 1 aliphatic carbocycles. The van der Waals surface area contributed by atoms with Gasteiger partial charge in [0, 0.05) is 19.0 Å². The van der Waals surface area contributed by atoms with Gasteiger partial charge in [0.15, 0.2) is 17.3 Å². The number of rotatable bonds is 5. The lowest BCUT2D eigenvalue weighted by molar-refractivity contribution is 0.0802. The van der Waals surface area contributed by atoms with Crippen molar-refractivity contribution in [2.75, 3.05) is 19.7 Å². The first kappa shape index (κ1) is 15.8. The van der Waals surface area contributed by atoms with Crippen molar-refractivity contribution in [3.63, 3.8) is 0 Å². The third kappa shape index (κ3) is 3.63. The Morgan fingerprint density at radius 2 is 2.09 bits per heavy atom. The zero-order chi connectivity index (χ0) is 16.4. The number of benzene rings is 1. The maximum Gasteiger partial charge on any atom is 0.407 e. The summed E-state index contributed by atoms with van der Waals surface area (Å²) >= 11 is 0. The van der Waals surface area contributed by atoms with Gasteiger partial charge in [-0.25, -0.2) is 9.18 Å². The maximum atomic E-state index is 14.1. The molecule has 1 aromatic carbocycles. The largest absolute Gasteiger partial charge is 0.489 e. The van der Waals surface area contributed by atoms with Gasteiger partial charge >= 0.3 is 6.09 Å². The fourth-order valence-electron chi connectivity index (χ4n) is 2.92. The number of carboxylic acid groups (broad SMARTS) is 1. The fraction of sp³-hybridized carbons (Fsp3) is 0.529. The van der Waals surface area contributed by atoms with E-state index in [-0.39, 0.29) is 23.6 Å². The van der Waals surface area contributed by atoms with Gasteiger partial charge in [0.05, 0.1) is 12.2 Å². The van der Waals surface area contributed by atoms with Gasteiger partial charge in [0.1, 0.15) is 0 Å². The van der Waals surface area contributed by atoms with Crippen LogP contribution in [-0.2, 0) is 0 Å². The van der Waals surface area contributed by atoms with Crippen LogP contribution in [0.4, 0.5) is 9.18 Å². The topological polar surface area (TPSA) is 66.8 Å². The van der Waals surface area contributed by atoms with Crippen molar-refractivity contribution >= 4 is 11.9 Å². The Kier molecular flexibility index (Phi) is 4.50. The molecule has 1 heterocycles. The third-order valence-corrected chi connectivity index (χ3v) is 4.46. The van der Waals surface area contributed by atoms with Crippen LogP contribution in [0.2, 0.25) is 0 Å². The number of ether oxygens (including phenoxy) is 1. The predicted octanol–water partition coefficient (Wildman–Crippen LogP) is 3.19. The Labute approximate surface area is 134 Å². The lowest BCUT2D eigenvalue weighted by Crippen LogP contribution is -2.41. The SMILES string of the molecule is O=C(c1cccc(F)c1OCC1CC1)C1CCCN(C(=O)O)C1. The zero-order valence-electron chi connectivity index (χ0n) is 12.8. The summed E-state index contributed by atoms with van der Waals surface area (Å²) in [6.45, 7) is 1.02. The molecule has 6 heteroatoms. The number of hydrogen-bond donors (Lipinski definition) is 1. The second-order valence-corrected chi connectivity index (χ2v) is 6.30. The van der Waals surface area contributed by atoms with Crippen molar-refractivity contribution in [3.05, 3.63) is 29.6 Å². The lowest BCUT2D eigenvalue weighted by Gasteiger charge is -2.30. The average Bonchev–Trinajstić information content (AvgIpc) is 3.37. The van der Waals surface area contributed by atoms with E-state index in [1.165, 1.54) is 17.0 Å². The molecule has 1 unspecified atom stereocenters. The molecule has 0 spiro atoms. The monoisotopic (exact) mass is 321 g/mol. The highest BCUT2D eigenvalue weighted by Crippen LogP contribution is 2.33. The first-order valence-electron chi connectivity index (χ1n) is 7.99. The summed E-state index contributed by atoms with van der Waals surface area (Å²) in [6.07, 6.45) is 2.38. The minimum atomic E-state index is -1.02. The first-order valence-corrected chi connectivity index (χ1v) is 7.99. The Morgan fingerprint density at radius 3 is 2.78 bits per heavy atom. The highest BCUT2D eigenvalue weighted by Gasteiger charge is 2.31. The van der Waals surface area contributed by atoms with Crippen molar-refractivity contribution < 1.29 is 23.8 Å².